The average Bonchev–Trinajstić information content (AvgIpc) is 2.32. The van der Waals surface area contributed by atoms with Gasteiger partial charge in [0.1, 0.15) is 5.97 Å². The topological polar surface area (TPSA) is 114 Å². The highest BCUT2D eigenvalue weighted by molar-refractivity contribution is 8.14. The predicted octanol–water partition coefficient (Wildman–Crippen LogP) is -0.727. The summed E-state index contributed by atoms with van der Waals surface area (Å²) in [6.45, 7) is 0.522. The van der Waals surface area contributed by atoms with Crippen LogP contribution in [0.1, 0.15) is 0 Å². The van der Waals surface area contributed by atoms with Gasteiger partial charge in [0.25, 0.3) is 9.70 Å². The molecule has 0 radical (unpaired) electrons. The number of carbonyl (C=O) groups excluding carboxylic acids is 3. The first-order chi connectivity index (χ1) is 9.32. The molecule has 0 atom stereocenters. The molecule has 13 heteroatoms. The molecule has 4 N–H and O–H groups in total. The fourth-order valence-electron chi connectivity index (χ4n) is 0.504. The summed E-state index contributed by atoms with van der Waals surface area (Å²) in [5.41, 5.74) is 3.39. The Hall–Kier alpha value is -0.420. The van der Waals surface area contributed by atoms with Crippen LogP contribution in [0, 0.1) is 0 Å². The fraction of sp³-hybridized carbons (Fsp3) is 0.625. The molecule has 0 rings (SSSR count). The third-order valence-electron chi connectivity index (χ3n) is 1.35. The van der Waals surface area contributed by atoms with Gasteiger partial charge >= 0.3 is 6.18 Å². The fourth-order valence-corrected chi connectivity index (χ4v) is 1.55. The van der Waals surface area contributed by atoms with Crippen molar-refractivity contribution in [3.8, 4) is 0 Å². The Kier molecular flexibility index (Phi) is 11.2. The summed E-state index contributed by atoms with van der Waals surface area (Å²) >= 11 is 16.8. The standard InChI is InChI=1S/C6H9Cl3N2O2S.C2HF3O2/c7-6(8,9)5(13)14-2-1-11-4(12)3-10;3-2(4,5)1(6)7/h1-3,10H2,(H,11,12);(H,6,7). The molecule has 0 bridgehead atoms. The highest BCUT2D eigenvalue weighted by Gasteiger charge is 2.30. The highest BCUT2D eigenvalue weighted by Crippen LogP contribution is 2.31. The first-order valence-electron chi connectivity index (χ1n) is 4.90. The van der Waals surface area contributed by atoms with Crippen molar-refractivity contribution in [3.05, 3.63) is 0 Å². The number of rotatable bonds is 4. The number of carbonyl (C=O) groups is 3. The molecule has 21 heavy (non-hydrogen) atoms. The lowest BCUT2D eigenvalue weighted by molar-refractivity contribution is -0.355. The van der Waals surface area contributed by atoms with E-state index < -0.39 is 21.1 Å². The van der Waals surface area contributed by atoms with Crippen LogP contribution in [0.25, 0.3) is 0 Å². The van der Waals surface area contributed by atoms with Gasteiger partial charge in [-0.2, -0.15) is 13.2 Å². The molecule has 6 nitrogen and oxygen atoms in total. The molecule has 0 saturated heterocycles. The van der Waals surface area contributed by atoms with Crippen LogP contribution in [0.3, 0.4) is 0 Å². The lowest BCUT2D eigenvalue weighted by Crippen LogP contribution is -2.57. The zero-order valence-electron chi connectivity index (χ0n) is 10.1. The Morgan fingerprint density at radius 2 is 1.62 bits per heavy atom. The van der Waals surface area contributed by atoms with Crippen molar-refractivity contribution in [1.29, 1.82) is 0 Å². The van der Waals surface area contributed by atoms with Gasteiger partial charge in [-0.25, -0.2) is 0 Å². The Morgan fingerprint density at radius 3 is 1.90 bits per heavy atom. The maximum absolute atomic E-state index is 11.0. The molecule has 0 aromatic carbocycles. The number of quaternary nitrogens is 1. The molecule has 0 aromatic heterocycles. The molecule has 0 saturated carbocycles. The molecule has 0 aliphatic heterocycles. The quantitative estimate of drug-likeness (QED) is 0.483. The van der Waals surface area contributed by atoms with E-state index in [1.165, 1.54) is 0 Å². The van der Waals surface area contributed by atoms with Gasteiger partial charge in [-0.15, -0.1) is 0 Å². The average molecular weight is 394 g/mol. The SMILES string of the molecule is O=C([O-])C(F)(F)F.[NH3+]CC(=O)NCCSC(=O)C(Cl)(Cl)Cl. The van der Waals surface area contributed by atoms with Gasteiger partial charge in [-0.1, -0.05) is 46.6 Å². The van der Waals surface area contributed by atoms with Crippen molar-refractivity contribution >= 4 is 63.6 Å². The molecule has 0 heterocycles. The lowest BCUT2D eigenvalue weighted by atomic mass is 10.6. The zero-order chi connectivity index (χ0) is 17.3. The monoisotopic (exact) mass is 392 g/mol. The molecule has 0 unspecified atom stereocenters. The summed E-state index contributed by atoms with van der Waals surface area (Å²) in [4.78, 5) is 30.5. The number of hydrogen-bond acceptors (Lipinski definition) is 5. The molecule has 1 amide bonds. The van der Waals surface area contributed by atoms with Gasteiger partial charge in [-0.3, -0.25) is 9.59 Å². The Labute approximate surface area is 136 Å². The summed E-state index contributed by atoms with van der Waals surface area (Å²) in [6, 6.07) is 0. The lowest BCUT2D eigenvalue weighted by Gasteiger charge is -2.08. The first-order valence-corrected chi connectivity index (χ1v) is 7.02. The van der Waals surface area contributed by atoms with Gasteiger partial charge in [0.05, 0.1) is 0 Å². The second-order valence-corrected chi connectivity index (χ2v) is 6.37. The van der Waals surface area contributed by atoms with Crippen molar-refractivity contribution in [3.63, 3.8) is 0 Å². The number of aliphatic carboxylic acids is 1. The van der Waals surface area contributed by atoms with Crippen LogP contribution in [0.5, 0.6) is 0 Å². The van der Waals surface area contributed by atoms with E-state index in [0.717, 1.165) is 11.8 Å². The largest absolute Gasteiger partial charge is 0.542 e. The highest BCUT2D eigenvalue weighted by atomic mass is 35.6. The minimum absolute atomic E-state index is 0.170. The van der Waals surface area contributed by atoms with E-state index in [1.54, 1.807) is 0 Å². The van der Waals surface area contributed by atoms with Gasteiger partial charge in [0.2, 0.25) is 5.12 Å². The number of carboxylic acid groups (broad SMARTS) is 1. The normalized spacial score (nSPS) is 11.2. The first kappa shape index (κ1) is 22.9. The van der Waals surface area contributed by atoms with E-state index in [-0.39, 0.29) is 12.5 Å². The summed E-state index contributed by atoms with van der Waals surface area (Å²) in [7, 11) is 0. The molecule has 0 aliphatic rings. The van der Waals surface area contributed by atoms with Crippen molar-refractivity contribution in [2.24, 2.45) is 0 Å². The number of halogens is 6. The Balaban J connectivity index is 0. The Bertz CT molecular complexity index is 377. The van der Waals surface area contributed by atoms with E-state index in [0.29, 0.717) is 12.3 Å². The van der Waals surface area contributed by atoms with Gasteiger partial charge in [-0.05, 0) is 0 Å². The van der Waals surface area contributed by atoms with Gasteiger partial charge < -0.3 is 21.0 Å². The second-order valence-electron chi connectivity index (χ2n) is 3.02. The van der Waals surface area contributed by atoms with Crippen molar-refractivity contribution in [1.82, 2.24) is 5.32 Å². The third-order valence-corrected chi connectivity index (χ3v) is 3.18. The number of carboxylic acids is 1. The zero-order valence-corrected chi connectivity index (χ0v) is 13.2. The van der Waals surface area contributed by atoms with Crippen LogP contribution in [0.4, 0.5) is 13.2 Å². The summed E-state index contributed by atoms with van der Waals surface area (Å²) in [5, 5.41) is 10.8. The molecule has 0 aliphatic carbocycles. The second kappa shape index (κ2) is 10.3. The van der Waals surface area contributed by atoms with Crippen molar-refractivity contribution in [2.45, 2.75) is 9.97 Å². The number of amides is 1. The maximum atomic E-state index is 11.0. The van der Waals surface area contributed by atoms with E-state index >= 15 is 0 Å². The number of hydrogen-bond donors (Lipinski definition) is 2. The van der Waals surface area contributed by atoms with Crippen LogP contribution in [-0.4, -0.2) is 45.8 Å². The van der Waals surface area contributed by atoms with Crippen LogP contribution in [0.2, 0.25) is 0 Å². The smallest absolute Gasteiger partial charge is 0.430 e. The maximum Gasteiger partial charge on any atom is 0.430 e. The summed E-state index contributed by atoms with van der Waals surface area (Å²) in [6.07, 6.45) is -5.19. The number of nitrogens with one attached hydrogen (secondary N) is 1. The van der Waals surface area contributed by atoms with Crippen LogP contribution in [0.15, 0.2) is 0 Å². The van der Waals surface area contributed by atoms with E-state index in [2.05, 4.69) is 11.1 Å². The number of thioether (sulfide) groups is 1. The minimum atomic E-state index is -5.19. The number of alkyl halides is 6. The van der Waals surface area contributed by atoms with Crippen molar-refractivity contribution in [2.75, 3.05) is 18.8 Å². The molecule has 0 fully saturated rings. The van der Waals surface area contributed by atoms with Crippen LogP contribution >= 0.6 is 46.6 Å². The molecular formula is C8H10Cl3F3N2O4S. The molecule has 124 valence electrons. The molecule has 0 spiro atoms. The van der Waals surface area contributed by atoms with E-state index in [4.69, 9.17) is 44.7 Å². The summed E-state index contributed by atoms with van der Waals surface area (Å²) < 4.78 is 29.7. The predicted molar refractivity (Wildman–Crippen MR) is 69.6 cm³/mol. The van der Waals surface area contributed by atoms with E-state index in [9.17, 15) is 22.8 Å². The minimum Gasteiger partial charge on any atom is -0.542 e. The molecule has 0 aromatic rings. The summed E-state index contributed by atoms with van der Waals surface area (Å²) in [5.74, 6) is -2.81. The van der Waals surface area contributed by atoms with Crippen LogP contribution in [-0.2, 0) is 14.4 Å². The Morgan fingerprint density at radius 1 is 1.19 bits per heavy atom. The van der Waals surface area contributed by atoms with Gasteiger partial charge in [0, 0.05) is 12.3 Å². The van der Waals surface area contributed by atoms with E-state index in [1.807, 2.05) is 0 Å². The third kappa shape index (κ3) is 14.3. The molecular weight excluding hydrogens is 384 g/mol. The van der Waals surface area contributed by atoms with Crippen molar-refractivity contribution < 1.29 is 38.4 Å². The van der Waals surface area contributed by atoms with Gasteiger partial charge in [0.15, 0.2) is 6.54 Å². The van der Waals surface area contributed by atoms with Crippen LogP contribution < -0.4 is 16.2 Å².